The van der Waals surface area contributed by atoms with Crippen LogP contribution in [0.5, 0.6) is 5.75 Å². The highest BCUT2D eigenvalue weighted by Crippen LogP contribution is 2.15. The number of aryl methyl sites for hydroxylation is 2. The lowest BCUT2D eigenvalue weighted by molar-refractivity contribution is 0.0951. The van der Waals surface area contributed by atoms with E-state index in [4.69, 9.17) is 4.74 Å². The number of nitrogens with one attached hydrogen (secondary N) is 1. The maximum atomic E-state index is 13.3. The van der Waals surface area contributed by atoms with Crippen molar-refractivity contribution in [3.05, 3.63) is 65.0 Å². The van der Waals surface area contributed by atoms with Gasteiger partial charge in [-0.2, -0.15) is 0 Å². The van der Waals surface area contributed by atoms with Gasteiger partial charge in [0.1, 0.15) is 0 Å². The maximum Gasteiger partial charge on any atom is 0.251 e. The fourth-order valence-electron chi connectivity index (χ4n) is 2.23. The molecule has 2 aromatic rings. The van der Waals surface area contributed by atoms with E-state index in [9.17, 15) is 9.18 Å². The Morgan fingerprint density at radius 1 is 1.14 bits per heavy atom. The molecule has 4 heteroatoms. The van der Waals surface area contributed by atoms with E-state index >= 15 is 0 Å². The molecule has 1 N–H and O–H groups in total. The molecule has 0 bridgehead atoms. The fourth-order valence-corrected chi connectivity index (χ4v) is 2.23. The zero-order valence-corrected chi connectivity index (χ0v) is 12.9. The Labute approximate surface area is 130 Å². The zero-order chi connectivity index (χ0) is 15.9. The van der Waals surface area contributed by atoms with Gasteiger partial charge in [0.25, 0.3) is 5.91 Å². The largest absolute Gasteiger partial charge is 0.490 e. The van der Waals surface area contributed by atoms with Gasteiger partial charge in [-0.3, -0.25) is 4.79 Å². The van der Waals surface area contributed by atoms with E-state index in [1.54, 1.807) is 18.2 Å². The summed E-state index contributed by atoms with van der Waals surface area (Å²) in [6.07, 6.45) is 0.616. The van der Waals surface area contributed by atoms with Gasteiger partial charge in [0.05, 0.1) is 6.61 Å². The minimum atomic E-state index is -0.373. The van der Waals surface area contributed by atoms with E-state index in [0.29, 0.717) is 25.1 Å². The first-order valence-electron chi connectivity index (χ1n) is 7.30. The number of para-hydroxylation sites is 1. The maximum absolute atomic E-state index is 13.3. The second kappa shape index (κ2) is 7.59. The van der Waals surface area contributed by atoms with Gasteiger partial charge in [-0.1, -0.05) is 29.3 Å². The third-order valence-electron chi connectivity index (χ3n) is 3.18. The van der Waals surface area contributed by atoms with E-state index in [0.717, 1.165) is 11.1 Å². The van der Waals surface area contributed by atoms with Crippen LogP contribution in [0.25, 0.3) is 0 Å². The lowest BCUT2D eigenvalue weighted by Crippen LogP contribution is -2.25. The van der Waals surface area contributed by atoms with Crippen molar-refractivity contribution in [1.82, 2.24) is 5.32 Å². The first-order chi connectivity index (χ1) is 10.6. The Hall–Kier alpha value is -2.36. The van der Waals surface area contributed by atoms with Gasteiger partial charge >= 0.3 is 0 Å². The molecule has 0 aliphatic heterocycles. The second-order valence-electron chi connectivity index (χ2n) is 5.26. The average Bonchev–Trinajstić information content (AvgIpc) is 2.47. The van der Waals surface area contributed by atoms with Crippen LogP contribution in [-0.4, -0.2) is 19.1 Å². The summed E-state index contributed by atoms with van der Waals surface area (Å²) < 4.78 is 18.7. The van der Waals surface area contributed by atoms with Crippen molar-refractivity contribution in [3.63, 3.8) is 0 Å². The van der Waals surface area contributed by atoms with E-state index in [-0.39, 0.29) is 17.5 Å². The topological polar surface area (TPSA) is 38.3 Å². The van der Waals surface area contributed by atoms with Crippen molar-refractivity contribution in [2.24, 2.45) is 0 Å². The molecule has 0 aliphatic rings. The SMILES string of the molecule is Cc1cc(C)cc(C(=O)NCCCOc2ccccc2F)c1. The summed E-state index contributed by atoms with van der Waals surface area (Å²) in [5, 5.41) is 2.84. The third kappa shape index (κ3) is 4.58. The van der Waals surface area contributed by atoms with Gasteiger partial charge in [-0.25, -0.2) is 4.39 Å². The molecular weight excluding hydrogens is 281 g/mol. The van der Waals surface area contributed by atoms with Crippen LogP contribution >= 0.6 is 0 Å². The Balaban J connectivity index is 1.74. The third-order valence-corrected chi connectivity index (χ3v) is 3.18. The van der Waals surface area contributed by atoms with Gasteiger partial charge in [0, 0.05) is 12.1 Å². The number of amides is 1. The number of hydrogen-bond acceptors (Lipinski definition) is 2. The van der Waals surface area contributed by atoms with Gasteiger partial charge in [-0.15, -0.1) is 0 Å². The van der Waals surface area contributed by atoms with Crippen molar-refractivity contribution < 1.29 is 13.9 Å². The summed E-state index contributed by atoms with van der Waals surface area (Å²) in [6.45, 7) is 4.77. The molecule has 0 atom stereocenters. The number of carbonyl (C=O) groups excluding carboxylic acids is 1. The van der Waals surface area contributed by atoms with Gasteiger partial charge < -0.3 is 10.1 Å². The molecule has 0 saturated carbocycles. The summed E-state index contributed by atoms with van der Waals surface area (Å²) in [4.78, 5) is 12.0. The molecule has 0 fully saturated rings. The molecule has 0 radical (unpaired) electrons. The molecule has 0 unspecified atom stereocenters. The predicted molar refractivity (Wildman–Crippen MR) is 84.8 cm³/mol. The normalized spacial score (nSPS) is 10.3. The van der Waals surface area contributed by atoms with Crippen molar-refractivity contribution in [2.75, 3.05) is 13.2 Å². The summed E-state index contributed by atoms with van der Waals surface area (Å²) in [5.41, 5.74) is 2.79. The second-order valence-corrected chi connectivity index (χ2v) is 5.26. The number of carbonyl (C=O) groups is 1. The van der Waals surface area contributed by atoms with E-state index in [2.05, 4.69) is 5.32 Å². The van der Waals surface area contributed by atoms with Crippen molar-refractivity contribution in [2.45, 2.75) is 20.3 Å². The Morgan fingerprint density at radius 2 is 1.82 bits per heavy atom. The minimum absolute atomic E-state index is 0.0994. The van der Waals surface area contributed by atoms with Crippen molar-refractivity contribution >= 4 is 5.91 Å². The smallest absolute Gasteiger partial charge is 0.251 e. The number of benzene rings is 2. The molecule has 0 aliphatic carbocycles. The van der Waals surface area contributed by atoms with E-state index in [1.807, 2.05) is 32.0 Å². The molecule has 22 heavy (non-hydrogen) atoms. The summed E-state index contributed by atoms with van der Waals surface area (Å²) in [7, 11) is 0. The minimum Gasteiger partial charge on any atom is -0.490 e. The Morgan fingerprint density at radius 3 is 2.50 bits per heavy atom. The highest BCUT2D eigenvalue weighted by molar-refractivity contribution is 5.94. The number of halogens is 1. The molecule has 2 aromatic carbocycles. The first-order valence-corrected chi connectivity index (χ1v) is 7.30. The molecular formula is C18H20FNO2. The van der Waals surface area contributed by atoms with Gasteiger partial charge in [0.2, 0.25) is 0 Å². The lowest BCUT2D eigenvalue weighted by atomic mass is 10.1. The van der Waals surface area contributed by atoms with Crippen LogP contribution in [0, 0.1) is 19.7 Å². The number of ether oxygens (including phenoxy) is 1. The fraction of sp³-hybridized carbons (Fsp3) is 0.278. The van der Waals surface area contributed by atoms with Crippen LogP contribution in [0.1, 0.15) is 27.9 Å². The predicted octanol–water partition coefficient (Wildman–Crippen LogP) is 3.64. The zero-order valence-electron chi connectivity index (χ0n) is 12.9. The van der Waals surface area contributed by atoms with Crippen LogP contribution < -0.4 is 10.1 Å². The molecule has 116 valence electrons. The highest BCUT2D eigenvalue weighted by atomic mass is 19.1. The van der Waals surface area contributed by atoms with Crippen molar-refractivity contribution in [1.29, 1.82) is 0 Å². The molecule has 1 amide bonds. The monoisotopic (exact) mass is 301 g/mol. The van der Waals surface area contributed by atoms with Crippen LogP contribution in [0.4, 0.5) is 4.39 Å². The standard InChI is InChI=1S/C18H20FNO2/c1-13-10-14(2)12-15(11-13)18(21)20-8-5-9-22-17-7-4-3-6-16(17)19/h3-4,6-7,10-12H,5,8-9H2,1-2H3,(H,20,21). The summed E-state index contributed by atoms with van der Waals surface area (Å²) in [5.74, 6) is -0.234. The van der Waals surface area contributed by atoms with E-state index < -0.39 is 0 Å². The van der Waals surface area contributed by atoms with Crippen molar-refractivity contribution in [3.8, 4) is 5.75 Å². The molecule has 0 heterocycles. The highest BCUT2D eigenvalue weighted by Gasteiger charge is 2.06. The lowest BCUT2D eigenvalue weighted by Gasteiger charge is -2.09. The number of hydrogen-bond donors (Lipinski definition) is 1. The summed E-state index contributed by atoms with van der Waals surface area (Å²) >= 11 is 0. The first kappa shape index (κ1) is 16.0. The molecule has 0 spiro atoms. The molecule has 0 aromatic heterocycles. The van der Waals surface area contributed by atoms with E-state index in [1.165, 1.54) is 6.07 Å². The molecule has 0 saturated heterocycles. The van der Waals surface area contributed by atoms with Gasteiger partial charge in [0.15, 0.2) is 11.6 Å². The van der Waals surface area contributed by atoms with Crippen LogP contribution in [0.3, 0.4) is 0 Å². The van der Waals surface area contributed by atoms with Crippen LogP contribution in [-0.2, 0) is 0 Å². The Kier molecular flexibility index (Phi) is 5.53. The van der Waals surface area contributed by atoms with Crippen LogP contribution in [0.2, 0.25) is 0 Å². The Bertz CT molecular complexity index is 635. The average molecular weight is 301 g/mol. The van der Waals surface area contributed by atoms with Gasteiger partial charge in [-0.05, 0) is 44.5 Å². The molecule has 2 rings (SSSR count). The summed E-state index contributed by atoms with van der Waals surface area (Å²) in [6, 6.07) is 12.0. The van der Waals surface area contributed by atoms with Crippen LogP contribution in [0.15, 0.2) is 42.5 Å². The molecule has 3 nitrogen and oxygen atoms in total. The quantitative estimate of drug-likeness (QED) is 0.827. The number of rotatable bonds is 6.